The molecule has 6 nitrogen and oxygen atoms in total. The average Bonchev–Trinajstić information content (AvgIpc) is 3.15. The molecular weight excluding hydrogens is 402 g/mol. The van der Waals surface area contributed by atoms with Crippen LogP contribution in [0.2, 0.25) is 0 Å². The molecule has 0 N–H and O–H groups in total. The SMILES string of the molecule is Cc1cnc2c(C(=O)N3CCC(F)(F)C(Oc4ccc5ccccc5n4)C3)cccn12. The minimum atomic E-state index is -3.07. The fourth-order valence-electron chi connectivity index (χ4n) is 3.91. The van der Waals surface area contributed by atoms with Crippen molar-refractivity contribution in [1.29, 1.82) is 0 Å². The van der Waals surface area contributed by atoms with E-state index in [2.05, 4.69) is 9.97 Å². The first-order valence-corrected chi connectivity index (χ1v) is 10.0. The maximum Gasteiger partial charge on any atom is 0.287 e. The number of carbonyl (C=O) groups is 1. The molecule has 0 radical (unpaired) electrons. The Morgan fingerprint density at radius 2 is 2.00 bits per heavy atom. The monoisotopic (exact) mass is 422 g/mol. The van der Waals surface area contributed by atoms with Crippen LogP contribution in [0.3, 0.4) is 0 Å². The van der Waals surface area contributed by atoms with Crippen molar-refractivity contribution in [3.8, 4) is 5.88 Å². The number of carbonyl (C=O) groups excluding carboxylic acids is 1. The van der Waals surface area contributed by atoms with Gasteiger partial charge in [-0.3, -0.25) is 4.79 Å². The molecule has 4 aromatic rings. The molecule has 1 saturated heterocycles. The summed E-state index contributed by atoms with van der Waals surface area (Å²) in [6.45, 7) is 1.59. The highest BCUT2D eigenvalue weighted by Crippen LogP contribution is 2.32. The zero-order valence-corrected chi connectivity index (χ0v) is 16.8. The van der Waals surface area contributed by atoms with Crippen molar-refractivity contribution in [2.45, 2.75) is 25.4 Å². The van der Waals surface area contributed by atoms with Gasteiger partial charge in [-0.1, -0.05) is 18.2 Å². The van der Waals surface area contributed by atoms with Crippen molar-refractivity contribution >= 4 is 22.5 Å². The van der Waals surface area contributed by atoms with Crippen LogP contribution < -0.4 is 4.74 Å². The summed E-state index contributed by atoms with van der Waals surface area (Å²) in [6.07, 6.45) is 1.53. The van der Waals surface area contributed by atoms with Gasteiger partial charge in [-0.2, -0.15) is 0 Å². The van der Waals surface area contributed by atoms with Crippen LogP contribution in [-0.4, -0.2) is 50.3 Å². The number of imidazole rings is 1. The normalized spacial score (nSPS) is 18.4. The Labute approximate surface area is 177 Å². The third kappa shape index (κ3) is 3.48. The number of halogens is 2. The summed E-state index contributed by atoms with van der Waals surface area (Å²) in [5.41, 5.74) is 2.44. The molecule has 1 aromatic carbocycles. The Morgan fingerprint density at radius 1 is 1.16 bits per heavy atom. The van der Waals surface area contributed by atoms with E-state index < -0.39 is 18.4 Å². The summed E-state index contributed by atoms with van der Waals surface area (Å²) in [5.74, 6) is -3.30. The number of amides is 1. The second-order valence-electron chi connectivity index (χ2n) is 7.73. The zero-order chi connectivity index (χ0) is 21.6. The zero-order valence-electron chi connectivity index (χ0n) is 16.8. The molecule has 1 amide bonds. The van der Waals surface area contributed by atoms with Gasteiger partial charge in [0.2, 0.25) is 5.88 Å². The van der Waals surface area contributed by atoms with Crippen LogP contribution in [0.1, 0.15) is 22.5 Å². The van der Waals surface area contributed by atoms with E-state index in [0.717, 1.165) is 11.1 Å². The molecule has 5 rings (SSSR count). The predicted molar refractivity (Wildman–Crippen MR) is 112 cm³/mol. The van der Waals surface area contributed by atoms with E-state index in [-0.39, 0.29) is 24.9 Å². The van der Waals surface area contributed by atoms with Crippen LogP contribution in [0.5, 0.6) is 5.88 Å². The van der Waals surface area contributed by atoms with Crippen LogP contribution >= 0.6 is 0 Å². The molecule has 31 heavy (non-hydrogen) atoms. The van der Waals surface area contributed by atoms with Crippen molar-refractivity contribution in [3.63, 3.8) is 0 Å². The third-order valence-corrected chi connectivity index (χ3v) is 5.65. The quantitative estimate of drug-likeness (QED) is 0.498. The fraction of sp³-hybridized carbons (Fsp3) is 0.261. The summed E-state index contributed by atoms with van der Waals surface area (Å²) in [4.78, 5) is 23.2. The standard InChI is InChI=1S/C23H20F2N4O2/c1-15-13-26-21-17(6-4-11-29(15)21)22(30)28-12-10-23(24,25)19(14-28)31-20-9-8-16-5-2-3-7-18(16)27-20/h2-9,11,13,19H,10,12,14H2,1H3. The minimum absolute atomic E-state index is 0.0579. The number of alkyl halides is 2. The number of pyridine rings is 2. The van der Waals surface area contributed by atoms with Crippen LogP contribution in [0, 0.1) is 6.92 Å². The van der Waals surface area contributed by atoms with E-state index in [1.54, 1.807) is 40.9 Å². The Bertz CT molecular complexity index is 1290. The fourth-order valence-corrected chi connectivity index (χ4v) is 3.91. The molecule has 158 valence electrons. The molecule has 1 unspecified atom stereocenters. The molecular formula is C23H20F2N4O2. The first kappa shape index (κ1) is 19.4. The number of aryl methyl sites for hydroxylation is 1. The van der Waals surface area contributed by atoms with Crippen molar-refractivity contribution < 1.29 is 18.3 Å². The third-order valence-electron chi connectivity index (χ3n) is 5.65. The largest absolute Gasteiger partial charge is 0.466 e. The lowest BCUT2D eigenvalue weighted by Gasteiger charge is -2.38. The predicted octanol–water partition coefficient (Wildman–Crippen LogP) is 4.12. The van der Waals surface area contributed by atoms with Crippen LogP contribution in [0.25, 0.3) is 16.6 Å². The summed E-state index contributed by atoms with van der Waals surface area (Å²) < 4.78 is 36.7. The summed E-state index contributed by atoms with van der Waals surface area (Å²) in [7, 11) is 0. The molecule has 0 saturated carbocycles. The molecule has 1 aliphatic rings. The van der Waals surface area contributed by atoms with E-state index in [4.69, 9.17) is 4.74 Å². The summed E-state index contributed by atoms with van der Waals surface area (Å²) in [6, 6.07) is 14.2. The molecule has 1 fully saturated rings. The lowest BCUT2D eigenvalue weighted by molar-refractivity contribution is -0.131. The number of ether oxygens (including phenoxy) is 1. The van der Waals surface area contributed by atoms with Gasteiger partial charge >= 0.3 is 0 Å². The number of hydrogen-bond acceptors (Lipinski definition) is 4. The molecule has 3 aromatic heterocycles. The highest BCUT2D eigenvalue weighted by Gasteiger charge is 2.47. The summed E-state index contributed by atoms with van der Waals surface area (Å²) >= 11 is 0. The maximum absolute atomic E-state index is 14.7. The van der Waals surface area contributed by atoms with Crippen LogP contribution in [-0.2, 0) is 0 Å². The molecule has 1 atom stereocenters. The number of aromatic nitrogens is 3. The van der Waals surface area contributed by atoms with Crippen LogP contribution in [0.15, 0.2) is 60.9 Å². The number of fused-ring (bicyclic) bond motifs is 2. The number of para-hydroxylation sites is 1. The van der Waals surface area contributed by atoms with Crippen molar-refractivity contribution in [1.82, 2.24) is 19.3 Å². The van der Waals surface area contributed by atoms with Gasteiger partial charge in [0.05, 0.1) is 17.6 Å². The average molecular weight is 422 g/mol. The number of hydrogen-bond donors (Lipinski definition) is 0. The van der Waals surface area contributed by atoms with Gasteiger partial charge in [0.15, 0.2) is 6.10 Å². The Hall–Kier alpha value is -3.55. The number of piperidine rings is 1. The summed E-state index contributed by atoms with van der Waals surface area (Å²) in [5, 5.41) is 0.894. The highest BCUT2D eigenvalue weighted by atomic mass is 19.3. The Balaban J connectivity index is 1.41. The van der Waals surface area contributed by atoms with Gasteiger partial charge < -0.3 is 14.0 Å². The van der Waals surface area contributed by atoms with E-state index in [0.29, 0.717) is 16.7 Å². The lowest BCUT2D eigenvalue weighted by atomic mass is 10.0. The first-order chi connectivity index (χ1) is 14.9. The van der Waals surface area contributed by atoms with E-state index in [1.807, 2.05) is 31.3 Å². The molecule has 0 bridgehead atoms. The minimum Gasteiger partial charge on any atom is -0.466 e. The number of benzene rings is 1. The second-order valence-corrected chi connectivity index (χ2v) is 7.73. The molecule has 4 heterocycles. The number of likely N-dealkylation sites (tertiary alicyclic amines) is 1. The van der Waals surface area contributed by atoms with Gasteiger partial charge in [-0.25, -0.2) is 18.7 Å². The Morgan fingerprint density at radius 3 is 2.87 bits per heavy atom. The number of rotatable bonds is 3. The second kappa shape index (κ2) is 7.30. The maximum atomic E-state index is 14.7. The van der Waals surface area contributed by atoms with Crippen molar-refractivity contribution in [2.75, 3.05) is 13.1 Å². The highest BCUT2D eigenvalue weighted by molar-refractivity contribution is 6.00. The molecule has 1 aliphatic heterocycles. The van der Waals surface area contributed by atoms with E-state index in [9.17, 15) is 13.6 Å². The van der Waals surface area contributed by atoms with E-state index in [1.165, 1.54) is 4.90 Å². The first-order valence-electron chi connectivity index (χ1n) is 10.0. The van der Waals surface area contributed by atoms with Gasteiger partial charge in [0, 0.05) is 42.5 Å². The van der Waals surface area contributed by atoms with Gasteiger partial charge in [0.25, 0.3) is 11.8 Å². The molecule has 0 spiro atoms. The van der Waals surface area contributed by atoms with Gasteiger partial charge in [-0.15, -0.1) is 0 Å². The van der Waals surface area contributed by atoms with Crippen LogP contribution in [0.4, 0.5) is 8.78 Å². The van der Waals surface area contributed by atoms with Crippen molar-refractivity contribution in [2.24, 2.45) is 0 Å². The smallest absolute Gasteiger partial charge is 0.287 e. The number of nitrogens with zero attached hydrogens (tertiary/aromatic N) is 4. The molecule has 8 heteroatoms. The lowest BCUT2D eigenvalue weighted by Crippen LogP contribution is -2.55. The van der Waals surface area contributed by atoms with Gasteiger partial charge in [0.1, 0.15) is 5.65 Å². The van der Waals surface area contributed by atoms with E-state index >= 15 is 0 Å². The Kier molecular flexibility index (Phi) is 4.57. The van der Waals surface area contributed by atoms with Crippen molar-refractivity contribution in [3.05, 3.63) is 72.2 Å². The van der Waals surface area contributed by atoms with Gasteiger partial charge in [-0.05, 0) is 31.2 Å². The topological polar surface area (TPSA) is 59.7 Å². The molecule has 0 aliphatic carbocycles.